The minimum Gasteiger partial charge on any atom is -0.493 e. The number of fused-ring (bicyclic) bond motifs is 5. The minimum atomic E-state index is -0.279. The maximum absolute atomic E-state index is 14.0. The fraction of sp³-hybridized carbons (Fsp3) is 0.368. The number of anilines is 2. The predicted octanol–water partition coefficient (Wildman–Crippen LogP) is 2.80. The van der Waals surface area contributed by atoms with E-state index in [9.17, 15) is 9.18 Å². The molecule has 140 valence electrons. The summed E-state index contributed by atoms with van der Waals surface area (Å²) in [5, 5.41) is 10.6. The van der Waals surface area contributed by atoms with Gasteiger partial charge in [0.05, 0.1) is 19.2 Å². The summed E-state index contributed by atoms with van der Waals surface area (Å²) in [5.41, 5.74) is 1.48. The third-order valence-corrected chi connectivity index (χ3v) is 5.33. The van der Waals surface area contributed by atoms with Gasteiger partial charge in [0.25, 0.3) is 0 Å². The molecular weight excluding hydrogens is 349 g/mol. The van der Waals surface area contributed by atoms with E-state index in [0.717, 1.165) is 30.8 Å². The average molecular weight is 369 g/mol. The van der Waals surface area contributed by atoms with Gasteiger partial charge in [-0.25, -0.2) is 9.07 Å². The van der Waals surface area contributed by atoms with Gasteiger partial charge in [-0.3, -0.25) is 9.69 Å². The van der Waals surface area contributed by atoms with Gasteiger partial charge in [-0.2, -0.15) is 5.10 Å². The van der Waals surface area contributed by atoms with Gasteiger partial charge in [-0.05, 0) is 37.1 Å². The van der Waals surface area contributed by atoms with Crippen LogP contribution in [0.1, 0.15) is 30.9 Å². The normalized spacial score (nSPS) is 24.4. The molecule has 0 aliphatic carbocycles. The molecule has 3 aliphatic heterocycles. The van der Waals surface area contributed by atoms with Crippen LogP contribution in [0.15, 0.2) is 30.5 Å². The van der Waals surface area contributed by atoms with Crippen molar-refractivity contribution in [1.82, 2.24) is 14.7 Å². The van der Waals surface area contributed by atoms with Gasteiger partial charge in [0.2, 0.25) is 5.91 Å². The number of nitrogens with zero attached hydrogens (tertiary/aromatic N) is 3. The van der Waals surface area contributed by atoms with Crippen molar-refractivity contribution in [2.75, 3.05) is 23.8 Å². The number of rotatable bonds is 0. The number of ether oxygens (including phenoxy) is 1. The number of carbonyl (C=O) groups is 1. The second-order valence-corrected chi connectivity index (χ2v) is 7.01. The molecule has 2 N–H and O–H groups in total. The number of carbonyl (C=O) groups excluding carboxylic acids is 1. The molecule has 2 unspecified atom stereocenters. The summed E-state index contributed by atoms with van der Waals surface area (Å²) in [7, 11) is 0. The number of hydrogen-bond acceptors (Lipinski definition) is 5. The van der Waals surface area contributed by atoms with Crippen LogP contribution in [0.4, 0.5) is 15.9 Å². The van der Waals surface area contributed by atoms with Crippen molar-refractivity contribution in [2.24, 2.45) is 0 Å². The van der Waals surface area contributed by atoms with Crippen LogP contribution in [0.2, 0.25) is 0 Å². The summed E-state index contributed by atoms with van der Waals surface area (Å²) in [6.45, 7) is 1.12. The van der Waals surface area contributed by atoms with E-state index in [4.69, 9.17) is 4.74 Å². The summed E-state index contributed by atoms with van der Waals surface area (Å²) in [5.74, 6) is 0.964. The van der Waals surface area contributed by atoms with Crippen LogP contribution in [-0.2, 0) is 4.79 Å². The van der Waals surface area contributed by atoms with Crippen LogP contribution in [0.3, 0.4) is 0 Å². The molecule has 1 saturated heterocycles. The molecule has 1 fully saturated rings. The number of amides is 1. The van der Waals surface area contributed by atoms with Gasteiger partial charge >= 0.3 is 0 Å². The number of aromatic nitrogens is 2. The Morgan fingerprint density at radius 1 is 1.33 bits per heavy atom. The molecule has 2 bridgehead atoms. The van der Waals surface area contributed by atoms with Crippen LogP contribution < -0.4 is 15.4 Å². The average Bonchev–Trinajstić information content (AvgIpc) is 3.29. The summed E-state index contributed by atoms with van der Waals surface area (Å²) >= 11 is 0. The monoisotopic (exact) mass is 369 g/mol. The third kappa shape index (κ3) is 2.86. The van der Waals surface area contributed by atoms with Crippen molar-refractivity contribution in [2.45, 2.75) is 31.5 Å². The van der Waals surface area contributed by atoms with E-state index in [1.54, 1.807) is 23.0 Å². The summed E-state index contributed by atoms with van der Waals surface area (Å²) < 4.78 is 21.6. The van der Waals surface area contributed by atoms with E-state index in [0.29, 0.717) is 11.4 Å². The van der Waals surface area contributed by atoms with Crippen molar-refractivity contribution in [3.8, 4) is 5.75 Å². The summed E-state index contributed by atoms with van der Waals surface area (Å²) in [6, 6.07) is 4.66. The molecule has 1 amide bonds. The van der Waals surface area contributed by atoms with Gasteiger partial charge in [-0.15, -0.1) is 0 Å². The standard InChI is InChI=1S/C19H20FN5O2/c20-12-3-4-16-13(10-12)15-2-1-7-24(15)17-5-8-25-19(23-17)14(11-21-25)22-18(26)6-9-27-16/h3-5,8,10-11,15,17,23H,1-2,6-7,9H2,(H,22,26). The Balaban J connectivity index is 1.58. The molecule has 1 aromatic heterocycles. The molecule has 0 spiro atoms. The first kappa shape index (κ1) is 16.3. The van der Waals surface area contributed by atoms with Gasteiger partial charge in [0.15, 0.2) is 5.82 Å². The predicted molar refractivity (Wildman–Crippen MR) is 98.8 cm³/mol. The van der Waals surface area contributed by atoms with Crippen molar-refractivity contribution in [1.29, 1.82) is 0 Å². The quantitative estimate of drug-likeness (QED) is 0.747. The van der Waals surface area contributed by atoms with E-state index < -0.39 is 0 Å². The van der Waals surface area contributed by atoms with Gasteiger partial charge < -0.3 is 15.4 Å². The molecule has 8 heteroatoms. The summed E-state index contributed by atoms with van der Waals surface area (Å²) in [4.78, 5) is 14.6. The number of halogens is 1. The molecule has 1 aromatic carbocycles. The molecular formula is C19H20FN5O2. The van der Waals surface area contributed by atoms with Crippen molar-refractivity contribution < 1.29 is 13.9 Å². The fourth-order valence-electron chi connectivity index (χ4n) is 4.09. The zero-order valence-electron chi connectivity index (χ0n) is 14.7. The third-order valence-electron chi connectivity index (χ3n) is 5.33. The number of benzene rings is 1. The lowest BCUT2D eigenvalue weighted by molar-refractivity contribution is -0.116. The Kier molecular flexibility index (Phi) is 3.86. The highest BCUT2D eigenvalue weighted by Crippen LogP contribution is 2.40. The van der Waals surface area contributed by atoms with E-state index >= 15 is 0 Å². The van der Waals surface area contributed by atoms with Gasteiger partial charge in [-0.1, -0.05) is 0 Å². The maximum Gasteiger partial charge on any atom is 0.227 e. The first-order valence-electron chi connectivity index (χ1n) is 9.19. The second-order valence-electron chi connectivity index (χ2n) is 7.01. The lowest BCUT2D eigenvalue weighted by Gasteiger charge is -2.34. The van der Waals surface area contributed by atoms with Crippen LogP contribution >= 0.6 is 0 Å². The SMILES string of the molecule is O=C1CCOc2ccc(F)cc2C2CCCN2C2C=Cn3ncc(c3N2)N1. The van der Waals surface area contributed by atoms with Crippen molar-refractivity contribution >= 4 is 23.6 Å². The first-order chi connectivity index (χ1) is 13.2. The van der Waals surface area contributed by atoms with Crippen molar-refractivity contribution in [3.63, 3.8) is 0 Å². The van der Waals surface area contributed by atoms with Crippen LogP contribution in [0.5, 0.6) is 5.75 Å². The van der Waals surface area contributed by atoms with E-state index in [1.807, 2.05) is 12.3 Å². The van der Waals surface area contributed by atoms with E-state index in [-0.39, 0.29) is 37.0 Å². The van der Waals surface area contributed by atoms with Gasteiger partial charge in [0.1, 0.15) is 23.4 Å². The minimum absolute atomic E-state index is 0.0418. The highest BCUT2D eigenvalue weighted by atomic mass is 19.1. The Morgan fingerprint density at radius 2 is 2.26 bits per heavy atom. The molecule has 3 aliphatic rings. The Labute approximate surface area is 155 Å². The van der Waals surface area contributed by atoms with Crippen LogP contribution in [0, 0.1) is 5.82 Å². The summed E-state index contributed by atoms with van der Waals surface area (Å²) in [6.07, 6.45) is 7.64. The Hall–Kier alpha value is -2.87. The molecule has 7 nitrogen and oxygen atoms in total. The Bertz CT molecular complexity index is 925. The van der Waals surface area contributed by atoms with Crippen molar-refractivity contribution in [3.05, 3.63) is 41.9 Å². The zero-order chi connectivity index (χ0) is 18.4. The smallest absolute Gasteiger partial charge is 0.227 e. The molecule has 4 heterocycles. The molecule has 0 radical (unpaired) electrons. The lowest BCUT2D eigenvalue weighted by atomic mass is 10.0. The Morgan fingerprint density at radius 3 is 3.19 bits per heavy atom. The lowest BCUT2D eigenvalue weighted by Crippen LogP contribution is -2.41. The second kappa shape index (κ2) is 6.38. The molecule has 2 aromatic rings. The number of nitrogens with one attached hydrogen (secondary N) is 2. The number of hydrogen-bond donors (Lipinski definition) is 2. The van der Waals surface area contributed by atoms with E-state index in [1.165, 1.54) is 6.07 Å². The van der Waals surface area contributed by atoms with Gasteiger partial charge in [0, 0.05) is 24.4 Å². The maximum atomic E-state index is 14.0. The highest BCUT2D eigenvalue weighted by Gasteiger charge is 2.35. The molecule has 5 rings (SSSR count). The zero-order valence-corrected chi connectivity index (χ0v) is 14.7. The fourth-order valence-corrected chi connectivity index (χ4v) is 4.09. The molecule has 27 heavy (non-hydrogen) atoms. The van der Waals surface area contributed by atoms with E-state index in [2.05, 4.69) is 20.6 Å². The van der Waals surface area contributed by atoms with Crippen LogP contribution in [-0.4, -0.2) is 39.9 Å². The topological polar surface area (TPSA) is 71.4 Å². The molecule has 2 atom stereocenters. The molecule has 0 saturated carbocycles. The largest absolute Gasteiger partial charge is 0.493 e. The first-order valence-corrected chi connectivity index (χ1v) is 9.19. The van der Waals surface area contributed by atoms with Crippen LogP contribution in [0.25, 0.3) is 6.20 Å². The highest BCUT2D eigenvalue weighted by molar-refractivity contribution is 5.94.